The van der Waals surface area contributed by atoms with E-state index in [0.29, 0.717) is 6.42 Å². The molecule has 24 heavy (non-hydrogen) atoms. The maximum Gasteiger partial charge on any atom is 0.226 e. The van der Waals surface area contributed by atoms with Crippen LogP contribution < -0.4 is 0 Å². The van der Waals surface area contributed by atoms with E-state index in [9.17, 15) is 4.79 Å². The van der Waals surface area contributed by atoms with Gasteiger partial charge in [-0.15, -0.1) is 0 Å². The van der Waals surface area contributed by atoms with Gasteiger partial charge in [-0.3, -0.25) is 9.89 Å². The molecule has 0 unspecified atom stereocenters. The molecule has 0 aliphatic carbocycles. The Balaban J connectivity index is 2.06. The predicted molar refractivity (Wildman–Crippen MR) is 95.9 cm³/mol. The van der Waals surface area contributed by atoms with Crippen LogP contribution in [0, 0.1) is 20.8 Å². The van der Waals surface area contributed by atoms with Crippen molar-refractivity contribution >= 4 is 16.8 Å². The van der Waals surface area contributed by atoms with Gasteiger partial charge < -0.3 is 4.90 Å². The molecule has 0 bridgehead atoms. The standard InChI is InChI=1S/C19H22N4O/c1-11-8-17(19-12(2)21-22-13(19)3)20-16-7-6-14(9-15(11)16)10-18(24)23(4)5/h6-9H,10H2,1-5H3,(H,21,22). The third-order valence-electron chi connectivity index (χ3n) is 4.32. The zero-order valence-electron chi connectivity index (χ0n) is 14.8. The molecule has 5 nitrogen and oxygen atoms in total. The summed E-state index contributed by atoms with van der Waals surface area (Å²) in [5.74, 6) is 0.0984. The number of hydrogen-bond acceptors (Lipinski definition) is 3. The average Bonchev–Trinajstić information content (AvgIpc) is 2.86. The Kier molecular flexibility index (Phi) is 4.09. The first-order valence-electron chi connectivity index (χ1n) is 7.99. The lowest BCUT2D eigenvalue weighted by Crippen LogP contribution is -2.23. The van der Waals surface area contributed by atoms with Gasteiger partial charge in [-0.25, -0.2) is 4.98 Å². The van der Waals surface area contributed by atoms with Gasteiger partial charge in [-0.2, -0.15) is 5.10 Å². The van der Waals surface area contributed by atoms with E-state index >= 15 is 0 Å². The molecule has 3 rings (SSSR count). The van der Waals surface area contributed by atoms with E-state index in [4.69, 9.17) is 4.98 Å². The number of fused-ring (bicyclic) bond motifs is 1. The van der Waals surface area contributed by atoms with Gasteiger partial charge in [-0.05, 0) is 50.1 Å². The Morgan fingerprint density at radius 1 is 1.17 bits per heavy atom. The van der Waals surface area contributed by atoms with Gasteiger partial charge >= 0.3 is 0 Å². The number of aryl methyl sites for hydroxylation is 3. The molecule has 1 amide bonds. The van der Waals surface area contributed by atoms with E-state index in [1.807, 2.05) is 26.0 Å². The number of carbonyl (C=O) groups excluding carboxylic acids is 1. The van der Waals surface area contributed by atoms with Crippen molar-refractivity contribution in [1.29, 1.82) is 0 Å². The lowest BCUT2D eigenvalue weighted by atomic mass is 10.0. The lowest BCUT2D eigenvalue weighted by Gasteiger charge is -2.12. The molecule has 0 aliphatic heterocycles. The van der Waals surface area contributed by atoms with Crippen LogP contribution >= 0.6 is 0 Å². The fourth-order valence-corrected chi connectivity index (χ4v) is 2.94. The summed E-state index contributed by atoms with van der Waals surface area (Å²) < 4.78 is 0. The molecule has 2 heterocycles. The van der Waals surface area contributed by atoms with Crippen LogP contribution in [0.4, 0.5) is 0 Å². The summed E-state index contributed by atoms with van der Waals surface area (Å²) in [6, 6.07) is 8.13. The van der Waals surface area contributed by atoms with Crippen LogP contribution in [0.25, 0.3) is 22.2 Å². The van der Waals surface area contributed by atoms with Crippen LogP contribution in [0.2, 0.25) is 0 Å². The largest absolute Gasteiger partial charge is 0.349 e. The Bertz CT molecular complexity index is 905. The van der Waals surface area contributed by atoms with Crippen LogP contribution in [0.15, 0.2) is 24.3 Å². The quantitative estimate of drug-likeness (QED) is 0.805. The van der Waals surface area contributed by atoms with Gasteiger partial charge in [0.1, 0.15) is 0 Å². The number of likely N-dealkylation sites (N-methyl/N-ethyl adjacent to an activating group) is 1. The highest BCUT2D eigenvalue weighted by Gasteiger charge is 2.13. The number of aromatic amines is 1. The lowest BCUT2D eigenvalue weighted by molar-refractivity contribution is -0.127. The fraction of sp³-hybridized carbons (Fsp3) is 0.316. The van der Waals surface area contributed by atoms with Crippen LogP contribution in [0.1, 0.15) is 22.5 Å². The number of carbonyl (C=O) groups is 1. The molecule has 0 aliphatic rings. The van der Waals surface area contributed by atoms with Gasteiger partial charge in [0.25, 0.3) is 0 Å². The summed E-state index contributed by atoms with van der Waals surface area (Å²) in [7, 11) is 3.55. The highest BCUT2D eigenvalue weighted by Crippen LogP contribution is 2.28. The fourth-order valence-electron chi connectivity index (χ4n) is 2.94. The second-order valence-corrected chi connectivity index (χ2v) is 6.45. The first-order chi connectivity index (χ1) is 11.4. The first kappa shape index (κ1) is 16.2. The summed E-state index contributed by atoms with van der Waals surface area (Å²) in [6.45, 7) is 6.07. The molecular formula is C19H22N4O. The molecule has 5 heteroatoms. The third kappa shape index (κ3) is 2.89. The highest BCUT2D eigenvalue weighted by molar-refractivity contribution is 5.87. The maximum absolute atomic E-state index is 11.9. The van der Waals surface area contributed by atoms with Gasteiger partial charge in [-0.1, -0.05) is 6.07 Å². The van der Waals surface area contributed by atoms with Crippen molar-refractivity contribution in [3.8, 4) is 11.3 Å². The minimum atomic E-state index is 0.0984. The van der Waals surface area contributed by atoms with E-state index in [0.717, 1.165) is 44.7 Å². The number of nitrogens with one attached hydrogen (secondary N) is 1. The van der Waals surface area contributed by atoms with Gasteiger partial charge in [0.05, 0.1) is 23.3 Å². The number of H-pyrrole nitrogens is 1. The zero-order chi connectivity index (χ0) is 17.4. The molecule has 2 aromatic heterocycles. The van der Waals surface area contributed by atoms with Crippen molar-refractivity contribution < 1.29 is 4.79 Å². The van der Waals surface area contributed by atoms with Gasteiger partial charge in [0.15, 0.2) is 0 Å². The second-order valence-electron chi connectivity index (χ2n) is 6.45. The number of rotatable bonds is 3. The van der Waals surface area contributed by atoms with E-state index in [2.05, 4.69) is 29.3 Å². The Hall–Kier alpha value is -2.69. The summed E-state index contributed by atoms with van der Waals surface area (Å²) in [6.07, 6.45) is 0.407. The zero-order valence-corrected chi connectivity index (χ0v) is 14.8. The van der Waals surface area contributed by atoms with E-state index in [-0.39, 0.29) is 5.91 Å². The Labute approximate surface area is 141 Å². The average molecular weight is 322 g/mol. The predicted octanol–water partition coefficient (Wildman–Crippen LogP) is 3.18. The summed E-state index contributed by atoms with van der Waals surface area (Å²) in [5, 5.41) is 8.36. The molecule has 0 spiro atoms. The monoisotopic (exact) mass is 322 g/mol. The molecule has 0 radical (unpaired) electrons. The number of benzene rings is 1. The smallest absolute Gasteiger partial charge is 0.226 e. The van der Waals surface area contributed by atoms with E-state index in [1.165, 1.54) is 0 Å². The molecular weight excluding hydrogens is 300 g/mol. The highest BCUT2D eigenvalue weighted by atomic mass is 16.2. The van der Waals surface area contributed by atoms with E-state index in [1.54, 1.807) is 19.0 Å². The molecule has 124 valence electrons. The number of nitrogens with zero attached hydrogens (tertiary/aromatic N) is 3. The van der Waals surface area contributed by atoms with Crippen molar-refractivity contribution in [1.82, 2.24) is 20.1 Å². The maximum atomic E-state index is 11.9. The van der Waals surface area contributed by atoms with Crippen molar-refractivity contribution in [3.05, 3.63) is 46.8 Å². The molecule has 0 saturated heterocycles. The summed E-state index contributed by atoms with van der Waals surface area (Å²) >= 11 is 0. The Morgan fingerprint density at radius 2 is 1.92 bits per heavy atom. The summed E-state index contributed by atoms with van der Waals surface area (Å²) in [4.78, 5) is 18.3. The molecule has 1 aromatic carbocycles. The topological polar surface area (TPSA) is 61.9 Å². The Morgan fingerprint density at radius 3 is 2.54 bits per heavy atom. The molecule has 0 saturated carbocycles. The number of pyridine rings is 1. The van der Waals surface area contributed by atoms with Crippen LogP contribution in [-0.2, 0) is 11.2 Å². The minimum Gasteiger partial charge on any atom is -0.349 e. The molecule has 0 fully saturated rings. The summed E-state index contributed by atoms with van der Waals surface area (Å²) in [5.41, 5.74) is 7.06. The van der Waals surface area contributed by atoms with Crippen molar-refractivity contribution in [3.63, 3.8) is 0 Å². The number of amides is 1. The molecule has 1 N–H and O–H groups in total. The van der Waals surface area contributed by atoms with Gasteiger partial charge in [0, 0.05) is 30.7 Å². The molecule has 0 atom stereocenters. The minimum absolute atomic E-state index is 0.0984. The number of hydrogen-bond donors (Lipinski definition) is 1. The first-order valence-corrected chi connectivity index (χ1v) is 7.99. The third-order valence-corrected chi connectivity index (χ3v) is 4.32. The van der Waals surface area contributed by atoms with E-state index < -0.39 is 0 Å². The van der Waals surface area contributed by atoms with Crippen LogP contribution in [0.5, 0.6) is 0 Å². The SMILES string of the molecule is Cc1n[nH]c(C)c1-c1cc(C)c2cc(CC(=O)N(C)C)ccc2n1. The van der Waals surface area contributed by atoms with Crippen molar-refractivity contribution in [2.24, 2.45) is 0 Å². The normalized spacial score (nSPS) is 11.0. The van der Waals surface area contributed by atoms with Crippen LogP contribution in [0.3, 0.4) is 0 Å². The van der Waals surface area contributed by atoms with Crippen LogP contribution in [-0.4, -0.2) is 40.1 Å². The molecule has 3 aromatic rings. The number of aromatic nitrogens is 3. The van der Waals surface area contributed by atoms with Crippen molar-refractivity contribution in [2.75, 3.05) is 14.1 Å². The van der Waals surface area contributed by atoms with Gasteiger partial charge in [0.2, 0.25) is 5.91 Å². The second kappa shape index (κ2) is 6.07. The van der Waals surface area contributed by atoms with Crippen molar-refractivity contribution in [2.45, 2.75) is 27.2 Å².